The molecule has 4 nitrogen and oxygen atoms in total. The van der Waals surface area contributed by atoms with Gasteiger partial charge in [-0.15, -0.1) is 6.58 Å². The lowest BCUT2D eigenvalue weighted by Crippen LogP contribution is -2.05. The Hall–Kier alpha value is -2.54. The van der Waals surface area contributed by atoms with Crippen LogP contribution in [0.1, 0.15) is 24.7 Å². The van der Waals surface area contributed by atoms with Crippen molar-refractivity contribution in [2.24, 2.45) is 0 Å². The summed E-state index contributed by atoms with van der Waals surface area (Å²) >= 11 is 0. The molecule has 0 aliphatic heterocycles. The first-order valence-corrected chi connectivity index (χ1v) is 6.67. The van der Waals surface area contributed by atoms with E-state index >= 15 is 0 Å². The SMILES string of the molecule is C=CCn1c(CCC)nc(-c2ccc(C#N)cc2)c1N. The zero-order chi connectivity index (χ0) is 14.5. The molecule has 1 aromatic heterocycles. The van der Waals surface area contributed by atoms with Gasteiger partial charge in [-0.3, -0.25) is 0 Å². The first-order chi connectivity index (χ1) is 9.71. The van der Waals surface area contributed by atoms with Crippen molar-refractivity contribution in [2.45, 2.75) is 26.3 Å². The average molecular weight is 266 g/mol. The van der Waals surface area contributed by atoms with Crippen molar-refractivity contribution in [3.05, 3.63) is 48.3 Å². The summed E-state index contributed by atoms with van der Waals surface area (Å²) in [6, 6.07) is 9.42. The van der Waals surface area contributed by atoms with Crippen molar-refractivity contribution < 1.29 is 0 Å². The van der Waals surface area contributed by atoms with Gasteiger partial charge in [0.15, 0.2) is 0 Å². The molecule has 0 amide bonds. The minimum absolute atomic E-state index is 0.631. The van der Waals surface area contributed by atoms with Crippen LogP contribution in [0, 0.1) is 11.3 Å². The first kappa shape index (κ1) is 13.9. The summed E-state index contributed by atoms with van der Waals surface area (Å²) in [4.78, 5) is 4.65. The monoisotopic (exact) mass is 266 g/mol. The van der Waals surface area contributed by atoms with Crippen LogP contribution >= 0.6 is 0 Å². The van der Waals surface area contributed by atoms with E-state index in [0.29, 0.717) is 17.9 Å². The van der Waals surface area contributed by atoms with Crippen molar-refractivity contribution in [3.8, 4) is 17.3 Å². The lowest BCUT2D eigenvalue weighted by atomic mass is 10.1. The van der Waals surface area contributed by atoms with E-state index in [-0.39, 0.29) is 0 Å². The summed E-state index contributed by atoms with van der Waals surface area (Å²) in [7, 11) is 0. The minimum Gasteiger partial charge on any atom is -0.383 e. The molecule has 1 heterocycles. The molecule has 0 bridgehead atoms. The Morgan fingerprint density at radius 1 is 1.40 bits per heavy atom. The third kappa shape index (κ3) is 2.57. The van der Waals surface area contributed by atoms with E-state index < -0.39 is 0 Å². The Labute approximate surface area is 119 Å². The number of anilines is 1. The molecule has 0 aliphatic carbocycles. The average Bonchev–Trinajstić information content (AvgIpc) is 2.77. The Balaban J connectivity index is 2.47. The largest absolute Gasteiger partial charge is 0.383 e. The molecule has 2 rings (SSSR count). The highest BCUT2D eigenvalue weighted by Gasteiger charge is 2.14. The van der Waals surface area contributed by atoms with Gasteiger partial charge in [-0.25, -0.2) is 4.98 Å². The van der Waals surface area contributed by atoms with Crippen LogP contribution in [0.5, 0.6) is 0 Å². The fourth-order valence-electron chi connectivity index (χ4n) is 2.18. The summed E-state index contributed by atoms with van der Waals surface area (Å²) < 4.78 is 1.99. The highest BCUT2D eigenvalue weighted by molar-refractivity contribution is 5.71. The number of allylic oxidation sites excluding steroid dienone is 1. The zero-order valence-electron chi connectivity index (χ0n) is 11.6. The van der Waals surface area contributed by atoms with Crippen molar-refractivity contribution >= 4 is 5.82 Å². The molecular weight excluding hydrogens is 248 g/mol. The predicted molar refractivity (Wildman–Crippen MR) is 81.0 cm³/mol. The maximum Gasteiger partial charge on any atom is 0.132 e. The quantitative estimate of drug-likeness (QED) is 0.845. The standard InChI is InChI=1S/C16H18N4/c1-3-5-14-19-15(16(18)20(14)10-4-2)13-8-6-12(11-17)7-9-13/h4,6-9H,2-3,5,10,18H2,1H3. The lowest BCUT2D eigenvalue weighted by molar-refractivity contribution is 0.724. The summed E-state index contributed by atoms with van der Waals surface area (Å²) in [5.41, 5.74) is 8.55. The second-order valence-electron chi connectivity index (χ2n) is 4.60. The summed E-state index contributed by atoms with van der Waals surface area (Å²) in [5.74, 6) is 1.63. The molecule has 0 spiro atoms. The molecule has 102 valence electrons. The number of aromatic nitrogens is 2. The van der Waals surface area contributed by atoms with Crippen LogP contribution in [0.15, 0.2) is 36.9 Å². The minimum atomic E-state index is 0.631. The summed E-state index contributed by atoms with van der Waals surface area (Å²) in [6.07, 6.45) is 3.72. The van der Waals surface area contributed by atoms with Crippen LogP contribution < -0.4 is 5.73 Å². The molecule has 20 heavy (non-hydrogen) atoms. The highest BCUT2D eigenvalue weighted by atomic mass is 15.1. The van der Waals surface area contributed by atoms with Crippen molar-refractivity contribution in [2.75, 3.05) is 5.73 Å². The van der Waals surface area contributed by atoms with Gasteiger partial charge in [-0.05, 0) is 18.6 Å². The van der Waals surface area contributed by atoms with E-state index in [4.69, 9.17) is 11.0 Å². The number of imidazole rings is 1. The van der Waals surface area contributed by atoms with E-state index in [1.165, 1.54) is 0 Å². The van der Waals surface area contributed by atoms with Crippen LogP contribution in [0.3, 0.4) is 0 Å². The molecule has 2 aromatic rings. The maximum atomic E-state index is 8.84. The first-order valence-electron chi connectivity index (χ1n) is 6.67. The highest BCUT2D eigenvalue weighted by Crippen LogP contribution is 2.27. The number of nitrogens with zero attached hydrogens (tertiary/aromatic N) is 3. The van der Waals surface area contributed by atoms with E-state index in [9.17, 15) is 0 Å². The molecule has 1 aromatic carbocycles. The number of nitrogen functional groups attached to an aromatic ring is 1. The Morgan fingerprint density at radius 2 is 2.10 bits per heavy atom. The number of hydrogen-bond acceptors (Lipinski definition) is 3. The molecule has 0 atom stereocenters. The van der Waals surface area contributed by atoms with Crippen molar-refractivity contribution in [3.63, 3.8) is 0 Å². The molecule has 4 heteroatoms. The van der Waals surface area contributed by atoms with Gasteiger partial charge in [-0.1, -0.05) is 25.1 Å². The Kier molecular flexibility index (Phi) is 4.21. The van der Waals surface area contributed by atoms with Crippen LogP contribution in [-0.4, -0.2) is 9.55 Å². The molecule has 0 aliphatic rings. The van der Waals surface area contributed by atoms with Crippen LogP contribution in [0.25, 0.3) is 11.3 Å². The molecule has 0 saturated carbocycles. The lowest BCUT2D eigenvalue weighted by Gasteiger charge is -2.06. The van der Waals surface area contributed by atoms with Gasteiger partial charge in [0, 0.05) is 18.5 Å². The van der Waals surface area contributed by atoms with Gasteiger partial charge in [-0.2, -0.15) is 5.26 Å². The Bertz CT molecular complexity index is 644. The number of nitriles is 1. The van der Waals surface area contributed by atoms with Gasteiger partial charge >= 0.3 is 0 Å². The van der Waals surface area contributed by atoms with Crippen LogP contribution in [0.2, 0.25) is 0 Å². The number of hydrogen-bond donors (Lipinski definition) is 1. The second kappa shape index (κ2) is 6.07. The van der Waals surface area contributed by atoms with Gasteiger partial charge < -0.3 is 10.3 Å². The van der Waals surface area contributed by atoms with Gasteiger partial charge in [0.05, 0.1) is 11.6 Å². The number of rotatable bonds is 5. The van der Waals surface area contributed by atoms with Gasteiger partial charge in [0.25, 0.3) is 0 Å². The van der Waals surface area contributed by atoms with Crippen molar-refractivity contribution in [1.29, 1.82) is 5.26 Å². The van der Waals surface area contributed by atoms with Gasteiger partial charge in [0.1, 0.15) is 17.3 Å². The Morgan fingerprint density at radius 3 is 2.65 bits per heavy atom. The molecule has 0 radical (unpaired) electrons. The maximum absolute atomic E-state index is 8.84. The number of benzene rings is 1. The fraction of sp³-hybridized carbons (Fsp3) is 0.250. The third-order valence-corrected chi connectivity index (χ3v) is 3.16. The third-order valence-electron chi connectivity index (χ3n) is 3.16. The summed E-state index contributed by atoms with van der Waals surface area (Å²) in [5, 5.41) is 8.84. The van der Waals surface area contributed by atoms with E-state index in [0.717, 1.165) is 29.9 Å². The zero-order valence-corrected chi connectivity index (χ0v) is 11.6. The van der Waals surface area contributed by atoms with Crippen LogP contribution in [0.4, 0.5) is 5.82 Å². The van der Waals surface area contributed by atoms with Crippen molar-refractivity contribution in [1.82, 2.24) is 9.55 Å². The van der Waals surface area contributed by atoms with E-state index in [1.54, 1.807) is 12.1 Å². The predicted octanol–water partition coefficient (Wildman–Crippen LogP) is 3.14. The number of nitrogens with two attached hydrogens (primary N) is 1. The topological polar surface area (TPSA) is 67.6 Å². The van der Waals surface area contributed by atoms with E-state index in [1.807, 2.05) is 22.8 Å². The second-order valence-corrected chi connectivity index (χ2v) is 4.60. The molecular formula is C16H18N4. The normalized spacial score (nSPS) is 10.2. The summed E-state index contributed by atoms with van der Waals surface area (Å²) in [6.45, 7) is 6.54. The molecule has 0 fully saturated rings. The van der Waals surface area contributed by atoms with E-state index in [2.05, 4.69) is 24.6 Å². The molecule has 0 saturated heterocycles. The van der Waals surface area contributed by atoms with Gasteiger partial charge in [0.2, 0.25) is 0 Å². The smallest absolute Gasteiger partial charge is 0.132 e. The fourth-order valence-corrected chi connectivity index (χ4v) is 2.18. The van der Waals surface area contributed by atoms with Crippen LogP contribution in [-0.2, 0) is 13.0 Å². The molecule has 2 N–H and O–H groups in total. The number of aryl methyl sites for hydroxylation is 1. The molecule has 0 unspecified atom stereocenters.